The summed E-state index contributed by atoms with van der Waals surface area (Å²) in [5, 5.41) is 5.24. The van der Waals surface area contributed by atoms with Crippen molar-refractivity contribution < 1.29 is 9.53 Å². The topological polar surface area (TPSA) is 78.5 Å². The molecule has 0 saturated carbocycles. The minimum absolute atomic E-state index is 0.225. The number of hydrogen-bond donors (Lipinski definition) is 0. The summed E-state index contributed by atoms with van der Waals surface area (Å²) in [5.74, 6) is -0.545. The third-order valence-electron chi connectivity index (χ3n) is 3.98. The molecular formula is C17H10Cl2N4O3. The summed E-state index contributed by atoms with van der Waals surface area (Å²) in [4.78, 5) is 28.9. The van der Waals surface area contributed by atoms with Gasteiger partial charge in [0.2, 0.25) is 0 Å². The number of benzene rings is 1. The van der Waals surface area contributed by atoms with Gasteiger partial charge in [-0.15, -0.1) is 0 Å². The first-order valence-corrected chi connectivity index (χ1v) is 8.18. The minimum Gasteiger partial charge on any atom is -0.465 e. The Kier molecular flexibility index (Phi) is 3.90. The molecule has 0 aliphatic heterocycles. The number of carbonyl (C=O) groups excluding carboxylic acids is 1. The fourth-order valence-corrected chi connectivity index (χ4v) is 3.00. The van der Waals surface area contributed by atoms with Crippen molar-refractivity contribution in [2.24, 2.45) is 0 Å². The maximum Gasteiger partial charge on any atom is 0.343 e. The van der Waals surface area contributed by atoms with E-state index in [1.807, 2.05) is 0 Å². The van der Waals surface area contributed by atoms with Crippen LogP contribution in [-0.2, 0) is 4.74 Å². The largest absolute Gasteiger partial charge is 0.465 e. The molecular weight excluding hydrogens is 379 g/mol. The number of halogens is 2. The maximum atomic E-state index is 12.9. The second-order valence-corrected chi connectivity index (χ2v) is 6.25. The molecule has 0 saturated heterocycles. The Morgan fingerprint density at radius 1 is 1.15 bits per heavy atom. The van der Waals surface area contributed by atoms with Gasteiger partial charge in [-0.1, -0.05) is 23.2 Å². The Labute approximate surface area is 156 Å². The molecule has 0 aliphatic carbocycles. The van der Waals surface area contributed by atoms with E-state index in [0.29, 0.717) is 32.3 Å². The van der Waals surface area contributed by atoms with Crippen molar-refractivity contribution in [1.82, 2.24) is 19.2 Å². The average molecular weight is 389 g/mol. The van der Waals surface area contributed by atoms with Gasteiger partial charge >= 0.3 is 5.97 Å². The summed E-state index contributed by atoms with van der Waals surface area (Å²) in [6.45, 7) is 0. The molecule has 9 heteroatoms. The van der Waals surface area contributed by atoms with Gasteiger partial charge in [-0.05, 0) is 24.3 Å². The van der Waals surface area contributed by atoms with Crippen LogP contribution in [0.3, 0.4) is 0 Å². The Morgan fingerprint density at radius 2 is 1.96 bits per heavy atom. The van der Waals surface area contributed by atoms with Gasteiger partial charge in [0.05, 0.1) is 39.9 Å². The monoisotopic (exact) mass is 388 g/mol. The lowest BCUT2D eigenvalue weighted by molar-refractivity contribution is 0.0602. The highest BCUT2D eigenvalue weighted by molar-refractivity contribution is 6.42. The molecule has 1 aromatic carbocycles. The first-order chi connectivity index (χ1) is 12.5. The highest BCUT2D eigenvalue weighted by Gasteiger charge is 2.17. The zero-order chi connectivity index (χ0) is 18.4. The molecule has 7 nitrogen and oxygen atoms in total. The zero-order valence-corrected chi connectivity index (χ0v) is 14.8. The van der Waals surface area contributed by atoms with Crippen LogP contribution in [0.25, 0.3) is 22.2 Å². The van der Waals surface area contributed by atoms with Crippen molar-refractivity contribution in [3.63, 3.8) is 0 Å². The van der Waals surface area contributed by atoms with Crippen molar-refractivity contribution in [2.75, 3.05) is 7.11 Å². The van der Waals surface area contributed by atoms with Gasteiger partial charge in [0.25, 0.3) is 5.56 Å². The summed E-state index contributed by atoms with van der Waals surface area (Å²) in [6.07, 6.45) is 4.37. The second kappa shape index (κ2) is 6.12. The van der Waals surface area contributed by atoms with E-state index in [-0.39, 0.29) is 11.1 Å². The fraction of sp³-hybridized carbons (Fsp3) is 0.0588. The van der Waals surface area contributed by atoms with Crippen molar-refractivity contribution in [3.8, 4) is 5.69 Å². The molecule has 26 heavy (non-hydrogen) atoms. The van der Waals surface area contributed by atoms with Crippen molar-refractivity contribution in [2.45, 2.75) is 0 Å². The number of rotatable bonds is 2. The van der Waals surface area contributed by atoms with Gasteiger partial charge in [0.15, 0.2) is 5.65 Å². The molecule has 4 aromatic rings. The van der Waals surface area contributed by atoms with Gasteiger partial charge in [-0.3, -0.25) is 9.36 Å². The van der Waals surface area contributed by atoms with E-state index in [0.717, 1.165) is 0 Å². The van der Waals surface area contributed by atoms with Crippen molar-refractivity contribution in [1.29, 1.82) is 0 Å². The minimum atomic E-state index is -0.545. The summed E-state index contributed by atoms with van der Waals surface area (Å²) >= 11 is 12.0. The highest BCUT2D eigenvalue weighted by Crippen LogP contribution is 2.24. The lowest BCUT2D eigenvalue weighted by atomic mass is 10.2. The smallest absolute Gasteiger partial charge is 0.343 e. The molecule has 3 heterocycles. The molecule has 130 valence electrons. The number of aromatic nitrogens is 4. The Bertz CT molecular complexity index is 1250. The van der Waals surface area contributed by atoms with Gasteiger partial charge in [0.1, 0.15) is 5.56 Å². The van der Waals surface area contributed by atoms with Crippen LogP contribution in [-0.4, -0.2) is 32.2 Å². The molecule has 0 atom stereocenters. The van der Waals surface area contributed by atoms with E-state index < -0.39 is 5.97 Å². The number of pyridine rings is 1. The van der Waals surface area contributed by atoms with Crippen LogP contribution in [0.2, 0.25) is 10.0 Å². The normalized spacial score (nSPS) is 11.2. The van der Waals surface area contributed by atoms with E-state index in [1.165, 1.54) is 28.6 Å². The first-order valence-electron chi connectivity index (χ1n) is 7.43. The molecule has 0 N–H and O–H groups in total. The number of hydrogen-bond acceptors (Lipinski definition) is 5. The van der Waals surface area contributed by atoms with E-state index in [4.69, 9.17) is 27.9 Å². The van der Waals surface area contributed by atoms with Crippen LogP contribution in [0.5, 0.6) is 0 Å². The molecule has 0 spiro atoms. The van der Waals surface area contributed by atoms with Crippen LogP contribution < -0.4 is 5.56 Å². The van der Waals surface area contributed by atoms with Crippen LogP contribution in [0, 0.1) is 0 Å². The highest BCUT2D eigenvalue weighted by atomic mass is 35.5. The summed E-state index contributed by atoms with van der Waals surface area (Å²) < 4.78 is 7.58. The Balaban J connectivity index is 1.96. The number of esters is 1. The van der Waals surface area contributed by atoms with Crippen LogP contribution >= 0.6 is 23.2 Å². The van der Waals surface area contributed by atoms with Crippen LogP contribution in [0.15, 0.2) is 47.7 Å². The van der Waals surface area contributed by atoms with E-state index >= 15 is 0 Å². The van der Waals surface area contributed by atoms with Crippen LogP contribution in [0.1, 0.15) is 10.4 Å². The Hall–Kier alpha value is -2.90. The molecule has 0 bridgehead atoms. The molecule has 0 radical (unpaired) electrons. The molecule has 0 unspecified atom stereocenters. The van der Waals surface area contributed by atoms with Crippen LogP contribution in [0.4, 0.5) is 0 Å². The average Bonchev–Trinajstić information content (AvgIpc) is 3.08. The number of ether oxygens (including phenoxy) is 1. The predicted octanol–water partition coefficient (Wildman–Crippen LogP) is 3.13. The second-order valence-electron chi connectivity index (χ2n) is 5.43. The molecule has 4 rings (SSSR count). The standard InChI is InChI=1S/C17H10Cl2N4O3/c1-26-17(25)11-8-21-23-14-4-5-22(9-2-3-12(18)13(19)6-9)16(24)10(14)7-20-15(11)23/h2-8H,1H3. The molecule has 0 amide bonds. The zero-order valence-electron chi connectivity index (χ0n) is 13.3. The molecule has 3 aromatic heterocycles. The van der Waals surface area contributed by atoms with E-state index in [1.54, 1.807) is 30.5 Å². The molecule has 0 aliphatic rings. The molecule has 0 fully saturated rings. The summed E-state index contributed by atoms with van der Waals surface area (Å²) in [6, 6.07) is 6.62. The fourth-order valence-electron chi connectivity index (χ4n) is 2.71. The van der Waals surface area contributed by atoms with E-state index in [2.05, 4.69) is 10.1 Å². The predicted molar refractivity (Wildman–Crippen MR) is 97.4 cm³/mol. The van der Waals surface area contributed by atoms with Crippen molar-refractivity contribution >= 4 is 45.7 Å². The van der Waals surface area contributed by atoms with Gasteiger partial charge < -0.3 is 4.74 Å². The van der Waals surface area contributed by atoms with Crippen molar-refractivity contribution in [3.05, 3.63) is 68.8 Å². The lowest BCUT2D eigenvalue weighted by Gasteiger charge is -2.09. The maximum absolute atomic E-state index is 12.9. The summed E-state index contributed by atoms with van der Waals surface area (Å²) in [7, 11) is 1.28. The first kappa shape index (κ1) is 16.6. The lowest BCUT2D eigenvalue weighted by Crippen LogP contribution is -2.19. The Morgan fingerprint density at radius 3 is 2.69 bits per heavy atom. The third-order valence-corrected chi connectivity index (χ3v) is 4.72. The number of methoxy groups -OCH3 is 1. The summed E-state index contributed by atoms with van der Waals surface area (Å²) in [5.41, 5.74) is 1.33. The third kappa shape index (κ3) is 2.44. The number of fused-ring (bicyclic) bond motifs is 3. The van der Waals surface area contributed by atoms with Gasteiger partial charge in [-0.2, -0.15) is 5.10 Å². The number of nitrogens with zero attached hydrogens (tertiary/aromatic N) is 4. The number of carbonyl (C=O) groups is 1. The van der Waals surface area contributed by atoms with E-state index in [9.17, 15) is 9.59 Å². The van der Waals surface area contributed by atoms with Gasteiger partial charge in [-0.25, -0.2) is 14.3 Å². The SMILES string of the molecule is COC(=O)c1cnn2c1ncc1c(=O)n(-c3ccc(Cl)c(Cl)c3)ccc12. The quantitative estimate of drug-likeness (QED) is 0.493. The van der Waals surface area contributed by atoms with Gasteiger partial charge in [0, 0.05) is 12.4 Å².